The molecule has 0 aromatic carbocycles. The van der Waals surface area contributed by atoms with Crippen molar-refractivity contribution in [3.8, 4) is 6.07 Å². The first-order chi connectivity index (χ1) is 5.22. The first-order valence-corrected chi connectivity index (χ1v) is 3.36. The first kappa shape index (κ1) is 7.83. The molecule has 1 heterocycles. The topological polar surface area (TPSA) is 41.6 Å². The minimum atomic E-state index is 0.448. The highest BCUT2D eigenvalue weighted by atomic mass is 35.5. The van der Waals surface area contributed by atoms with Gasteiger partial charge in [0.1, 0.15) is 6.07 Å². The van der Waals surface area contributed by atoms with Crippen LogP contribution in [0.3, 0.4) is 0 Å². The molecule has 0 saturated carbocycles. The third kappa shape index (κ3) is 2.10. The van der Waals surface area contributed by atoms with Crippen LogP contribution in [0.15, 0.2) is 24.0 Å². The Bertz CT molecular complexity index is 308. The Balaban J connectivity index is 2.75. The normalized spacial score (nSPS) is 9.09. The smallest absolute Gasteiger partial charge is 0.102 e. The SMILES string of the molecule is C=C(Cl)Cn1cc(C#N)cn1. The molecule has 0 aliphatic heterocycles. The van der Waals surface area contributed by atoms with Gasteiger partial charge >= 0.3 is 0 Å². The number of rotatable bonds is 2. The minimum Gasteiger partial charge on any atom is -0.266 e. The van der Waals surface area contributed by atoms with Crippen LogP contribution in [0.1, 0.15) is 5.56 Å². The van der Waals surface area contributed by atoms with Gasteiger partial charge in [0.15, 0.2) is 0 Å². The quantitative estimate of drug-likeness (QED) is 0.670. The van der Waals surface area contributed by atoms with Crippen LogP contribution >= 0.6 is 11.6 Å². The molecule has 0 aliphatic carbocycles. The number of allylic oxidation sites excluding steroid dienone is 1. The van der Waals surface area contributed by atoms with E-state index in [1.807, 2.05) is 6.07 Å². The molecule has 0 N–H and O–H groups in total. The molecule has 0 saturated heterocycles. The van der Waals surface area contributed by atoms with Gasteiger partial charge in [0, 0.05) is 11.2 Å². The van der Waals surface area contributed by atoms with E-state index < -0.39 is 0 Å². The fourth-order valence-corrected chi connectivity index (χ4v) is 0.806. The van der Waals surface area contributed by atoms with E-state index in [0.717, 1.165) is 0 Å². The number of halogens is 1. The van der Waals surface area contributed by atoms with E-state index in [2.05, 4.69) is 11.7 Å². The third-order valence-electron chi connectivity index (χ3n) is 1.10. The van der Waals surface area contributed by atoms with Gasteiger partial charge in [0.2, 0.25) is 0 Å². The van der Waals surface area contributed by atoms with Crippen molar-refractivity contribution in [2.24, 2.45) is 0 Å². The summed E-state index contributed by atoms with van der Waals surface area (Å²) in [6.45, 7) is 3.95. The number of aromatic nitrogens is 2. The lowest BCUT2D eigenvalue weighted by molar-refractivity contribution is 0.695. The molecule has 1 aromatic rings. The maximum absolute atomic E-state index is 8.43. The fourth-order valence-electron chi connectivity index (χ4n) is 0.684. The summed E-state index contributed by atoms with van der Waals surface area (Å²) in [4.78, 5) is 0. The molecule has 1 aromatic heterocycles. The van der Waals surface area contributed by atoms with E-state index in [1.165, 1.54) is 6.20 Å². The number of hydrogen-bond donors (Lipinski definition) is 0. The van der Waals surface area contributed by atoms with Crippen LogP contribution < -0.4 is 0 Å². The number of hydrogen-bond acceptors (Lipinski definition) is 2. The van der Waals surface area contributed by atoms with Crippen LogP contribution in [0.5, 0.6) is 0 Å². The molecule has 4 heteroatoms. The van der Waals surface area contributed by atoms with E-state index in [1.54, 1.807) is 10.9 Å². The Morgan fingerprint density at radius 2 is 2.64 bits per heavy atom. The van der Waals surface area contributed by atoms with Crippen LogP contribution in [-0.4, -0.2) is 9.78 Å². The van der Waals surface area contributed by atoms with Crippen molar-refractivity contribution in [2.75, 3.05) is 0 Å². The molecule has 0 fully saturated rings. The first-order valence-electron chi connectivity index (χ1n) is 2.98. The van der Waals surface area contributed by atoms with E-state index in [-0.39, 0.29) is 0 Å². The highest BCUT2D eigenvalue weighted by molar-refractivity contribution is 6.29. The Labute approximate surface area is 69.5 Å². The molecular weight excluding hydrogens is 162 g/mol. The molecule has 1 rings (SSSR count). The van der Waals surface area contributed by atoms with Gasteiger partial charge in [-0.2, -0.15) is 10.4 Å². The van der Waals surface area contributed by atoms with Gasteiger partial charge in [0.05, 0.1) is 18.3 Å². The lowest BCUT2D eigenvalue weighted by Gasteiger charge is -1.95. The molecule has 11 heavy (non-hydrogen) atoms. The van der Waals surface area contributed by atoms with Crippen LogP contribution in [0.2, 0.25) is 0 Å². The van der Waals surface area contributed by atoms with Crippen molar-refractivity contribution in [3.63, 3.8) is 0 Å². The predicted octanol–water partition coefficient (Wildman–Crippen LogP) is 1.51. The molecule has 56 valence electrons. The van der Waals surface area contributed by atoms with E-state index in [4.69, 9.17) is 16.9 Å². The van der Waals surface area contributed by atoms with E-state index in [9.17, 15) is 0 Å². The Kier molecular flexibility index (Phi) is 2.29. The van der Waals surface area contributed by atoms with Gasteiger partial charge in [-0.25, -0.2) is 0 Å². The van der Waals surface area contributed by atoms with E-state index in [0.29, 0.717) is 17.1 Å². The average Bonchev–Trinajstić information content (AvgIpc) is 2.34. The van der Waals surface area contributed by atoms with Crippen LogP contribution in [-0.2, 0) is 6.54 Å². The summed E-state index contributed by atoms with van der Waals surface area (Å²) in [6.07, 6.45) is 3.10. The highest BCUT2D eigenvalue weighted by Gasteiger charge is 1.96. The average molecular weight is 168 g/mol. The van der Waals surface area contributed by atoms with Crippen molar-refractivity contribution < 1.29 is 0 Å². The maximum Gasteiger partial charge on any atom is 0.102 e. The molecular formula is C7H6ClN3. The van der Waals surface area contributed by atoms with Crippen molar-refractivity contribution in [2.45, 2.75) is 6.54 Å². The molecule has 0 radical (unpaired) electrons. The fraction of sp³-hybridized carbons (Fsp3) is 0.143. The standard InChI is InChI=1S/C7H6ClN3/c1-6(8)4-11-5-7(2-9)3-10-11/h3,5H,1,4H2. The second-order valence-electron chi connectivity index (χ2n) is 2.06. The largest absolute Gasteiger partial charge is 0.266 e. The maximum atomic E-state index is 8.43. The zero-order valence-electron chi connectivity index (χ0n) is 5.79. The third-order valence-corrected chi connectivity index (χ3v) is 1.22. The Morgan fingerprint density at radius 1 is 1.91 bits per heavy atom. The van der Waals surface area contributed by atoms with Crippen LogP contribution in [0.25, 0.3) is 0 Å². The molecule has 3 nitrogen and oxygen atoms in total. The van der Waals surface area contributed by atoms with Crippen molar-refractivity contribution >= 4 is 11.6 Å². The zero-order chi connectivity index (χ0) is 8.27. The molecule has 0 bridgehead atoms. The van der Waals surface area contributed by atoms with Crippen molar-refractivity contribution in [3.05, 3.63) is 29.6 Å². The van der Waals surface area contributed by atoms with Gasteiger partial charge in [-0.1, -0.05) is 18.2 Å². The summed E-state index contributed by atoms with van der Waals surface area (Å²) in [5, 5.41) is 12.8. The Hall–Kier alpha value is -1.27. The second-order valence-corrected chi connectivity index (χ2v) is 2.59. The molecule has 0 unspecified atom stereocenters. The summed E-state index contributed by atoms with van der Waals surface area (Å²) in [7, 11) is 0. The summed E-state index contributed by atoms with van der Waals surface area (Å²) in [5.74, 6) is 0. The Morgan fingerprint density at radius 3 is 3.09 bits per heavy atom. The van der Waals surface area contributed by atoms with E-state index >= 15 is 0 Å². The van der Waals surface area contributed by atoms with Crippen LogP contribution in [0.4, 0.5) is 0 Å². The van der Waals surface area contributed by atoms with Gasteiger partial charge in [-0.05, 0) is 0 Å². The summed E-state index contributed by atoms with van der Waals surface area (Å²) >= 11 is 5.53. The summed E-state index contributed by atoms with van der Waals surface area (Å²) in [6, 6.07) is 1.96. The van der Waals surface area contributed by atoms with Crippen LogP contribution in [0, 0.1) is 11.3 Å². The molecule has 0 aliphatic rings. The lowest BCUT2D eigenvalue weighted by Crippen LogP contribution is -1.96. The molecule has 0 atom stereocenters. The summed E-state index contributed by atoms with van der Waals surface area (Å²) in [5.41, 5.74) is 0.530. The monoisotopic (exact) mass is 167 g/mol. The lowest BCUT2D eigenvalue weighted by atomic mass is 10.4. The highest BCUT2D eigenvalue weighted by Crippen LogP contribution is 2.02. The van der Waals surface area contributed by atoms with Gasteiger partial charge in [-0.15, -0.1) is 0 Å². The second kappa shape index (κ2) is 3.22. The molecule has 0 amide bonds. The van der Waals surface area contributed by atoms with Gasteiger partial charge < -0.3 is 0 Å². The zero-order valence-corrected chi connectivity index (χ0v) is 6.54. The van der Waals surface area contributed by atoms with Crippen molar-refractivity contribution in [1.82, 2.24) is 9.78 Å². The number of nitrogens with zero attached hydrogens (tertiary/aromatic N) is 3. The summed E-state index contributed by atoms with van der Waals surface area (Å²) < 4.78 is 1.56. The van der Waals surface area contributed by atoms with Gasteiger partial charge in [0.25, 0.3) is 0 Å². The number of nitriles is 1. The van der Waals surface area contributed by atoms with Gasteiger partial charge in [-0.3, -0.25) is 4.68 Å². The van der Waals surface area contributed by atoms with Crippen molar-refractivity contribution in [1.29, 1.82) is 5.26 Å². The molecule has 0 spiro atoms. The minimum absolute atomic E-state index is 0.448. The predicted molar refractivity (Wildman–Crippen MR) is 41.9 cm³/mol.